The molecule has 0 fully saturated rings. The first kappa shape index (κ1) is 13.4. The van der Waals surface area contributed by atoms with Crippen molar-refractivity contribution in [2.45, 2.75) is 52.6 Å². The molecular weight excluding hydrogens is 180 g/mol. The molecule has 0 saturated carbocycles. The molecule has 0 aromatic rings. The molecule has 0 aliphatic heterocycles. The minimum atomic E-state index is -0.717. The van der Waals surface area contributed by atoms with Crippen molar-refractivity contribution in [2.75, 3.05) is 6.61 Å². The molecule has 0 rings (SSSR count). The summed E-state index contributed by atoms with van der Waals surface area (Å²) in [5.41, 5.74) is 0. The van der Waals surface area contributed by atoms with Gasteiger partial charge in [-0.05, 0) is 26.2 Å². The summed E-state index contributed by atoms with van der Waals surface area (Å²) in [6.07, 6.45) is 3.93. The molecule has 0 radical (unpaired) electrons. The van der Waals surface area contributed by atoms with Crippen molar-refractivity contribution in [3.05, 3.63) is 0 Å². The highest BCUT2D eigenvalue weighted by Crippen LogP contribution is 2.10. The number of carboxylic acid groups (broad SMARTS) is 1. The third-order valence-electron chi connectivity index (χ3n) is 2.33. The van der Waals surface area contributed by atoms with Crippen LogP contribution in [0.2, 0.25) is 0 Å². The van der Waals surface area contributed by atoms with Crippen molar-refractivity contribution in [3.63, 3.8) is 0 Å². The molecule has 0 aromatic carbocycles. The van der Waals surface area contributed by atoms with Gasteiger partial charge in [-0.1, -0.05) is 20.3 Å². The standard InChI is InChI=1S/C11H22O3/c1-4-5-8-14-10(3)7-6-9(2)11(12)13/h9-10H,4-8H2,1-3H3,(H,12,13)/t9-,10?/m0/s1. The minimum absolute atomic E-state index is 0.184. The third-order valence-corrected chi connectivity index (χ3v) is 2.33. The van der Waals surface area contributed by atoms with Crippen molar-refractivity contribution in [2.24, 2.45) is 5.92 Å². The highest BCUT2D eigenvalue weighted by atomic mass is 16.5. The lowest BCUT2D eigenvalue weighted by atomic mass is 10.0. The van der Waals surface area contributed by atoms with Crippen LogP contribution in [0.25, 0.3) is 0 Å². The monoisotopic (exact) mass is 202 g/mol. The van der Waals surface area contributed by atoms with Crippen molar-refractivity contribution in [1.29, 1.82) is 0 Å². The fraction of sp³-hybridized carbons (Fsp3) is 0.909. The predicted octanol–water partition coefficient (Wildman–Crippen LogP) is 2.69. The molecule has 3 heteroatoms. The van der Waals surface area contributed by atoms with E-state index in [4.69, 9.17) is 9.84 Å². The number of carbonyl (C=O) groups is 1. The highest BCUT2D eigenvalue weighted by Gasteiger charge is 2.12. The van der Waals surface area contributed by atoms with Gasteiger partial charge >= 0.3 is 5.97 Å². The Kier molecular flexibility index (Phi) is 7.48. The number of hydrogen-bond donors (Lipinski definition) is 1. The Morgan fingerprint density at radius 1 is 1.36 bits per heavy atom. The first-order valence-electron chi connectivity index (χ1n) is 5.42. The van der Waals surface area contributed by atoms with Gasteiger partial charge in [0.1, 0.15) is 0 Å². The summed E-state index contributed by atoms with van der Waals surface area (Å²) in [6, 6.07) is 0. The number of carboxylic acids is 1. The van der Waals surface area contributed by atoms with Crippen molar-refractivity contribution >= 4 is 5.97 Å². The molecule has 0 aliphatic rings. The van der Waals surface area contributed by atoms with E-state index in [0.717, 1.165) is 25.9 Å². The lowest BCUT2D eigenvalue weighted by molar-refractivity contribution is -0.141. The van der Waals surface area contributed by atoms with E-state index in [-0.39, 0.29) is 12.0 Å². The van der Waals surface area contributed by atoms with Gasteiger partial charge in [0.2, 0.25) is 0 Å². The van der Waals surface area contributed by atoms with Crippen LogP contribution in [0.1, 0.15) is 46.5 Å². The molecule has 0 amide bonds. The number of aliphatic carboxylic acids is 1. The number of unbranched alkanes of at least 4 members (excludes halogenated alkanes) is 1. The van der Waals surface area contributed by atoms with Crippen molar-refractivity contribution < 1.29 is 14.6 Å². The normalized spacial score (nSPS) is 15.1. The Bertz CT molecular complexity index is 157. The van der Waals surface area contributed by atoms with Crippen LogP contribution in [-0.4, -0.2) is 23.8 Å². The van der Waals surface area contributed by atoms with Gasteiger partial charge in [-0.3, -0.25) is 4.79 Å². The Morgan fingerprint density at radius 2 is 2.00 bits per heavy atom. The van der Waals surface area contributed by atoms with E-state index in [1.165, 1.54) is 0 Å². The zero-order valence-electron chi connectivity index (χ0n) is 9.45. The highest BCUT2D eigenvalue weighted by molar-refractivity contribution is 5.69. The molecule has 0 heterocycles. The molecule has 3 nitrogen and oxygen atoms in total. The largest absolute Gasteiger partial charge is 0.481 e. The second-order valence-electron chi connectivity index (χ2n) is 3.85. The van der Waals surface area contributed by atoms with Crippen LogP contribution in [0.15, 0.2) is 0 Å². The van der Waals surface area contributed by atoms with Crippen LogP contribution in [0, 0.1) is 5.92 Å². The number of hydrogen-bond acceptors (Lipinski definition) is 2. The molecule has 0 aliphatic carbocycles. The predicted molar refractivity (Wildman–Crippen MR) is 56.4 cm³/mol. The number of rotatable bonds is 8. The summed E-state index contributed by atoms with van der Waals surface area (Å²) in [7, 11) is 0. The fourth-order valence-corrected chi connectivity index (χ4v) is 1.12. The maximum absolute atomic E-state index is 10.5. The summed E-state index contributed by atoms with van der Waals surface area (Å²) in [4.78, 5) is 10.5. The van der Waals surface area contributed by atoms with E-state index in [0.29, 0.717) is 6.42 Å². The minimum Gasteiger partial charge on any atom is -0.481 e. The van der Waals surface area contributed by atoms with E-state index < -0.39 is 5.97 Å². The Hall–Kier alpha value is -0.570. The SMILES string of the molecule is CCCCOC(C)CC[C@H](C)C(=O)O. The van der Waals surface area contributed by atoms with Gasteiger partial charge in [-0.25, -0.2) is 0 Å². The summed E-state index contributed by atoms with van der Waals surface area (Å²) < 4.78 is 5.52. The molecular formula is C11H22O3. The molecule has 2 atom stereocenters. The van der Waals surface area contributed by atoms with Crippen LogP contribution in [0.3, 0.4) is 0 Å². The molecule has 0 spiro atoms. The Balaban J connectivity index is 3.43. The fourth-order valence-electron chi connectivity index (χ4n) is 1.12. The average Bonchev–Trinajstić information content (AvgIpc) is 2.14. The quantitative estimate of drug-likeness (QED) is 0.615. The van der Waals surface area contributed by atoms with Gasteiger partial charge in [0, 0.05) is 6.61 Å². The lowest BCUT2D eigenvalue weighted by Gasteiger charge is -2.13. The molecule has 0 bridgehead atoms. The lowest BCUT2D eigenvalue weighted by Crippen LogP contribution is -2.15. The van der Waals surface area contributed by atoms with Gasteiger partial charge in [0.25, 0.3) is 0 Å². The van der Waals surface area contributed by atoms with Gasteiger partial charge in [-0.15, -0.1) is 0 Å². The third kappa shape index (κ3) is 6.89. The molecule has 1 unspecified atom stereocenters. The van der Waals surface area contributed by atoms with Gasteiger partial charge in [0.15, 0.2) is 0 Å². The van der Waals surface area contributed by atoms with E-state index in [9.17, 15) is 4.79 Å². The molecule has 0 saturated heterocycles. The number of ether oxygens (including phenoxy) is 1. The van der Waals surface area contributed by atoms with E-state index in [2.05, 4.69) is 6.92 Å². The summed E-state index contributed by atoms with van der Waals surface area (Å²) in [5, 5.41) is 8.67. The topological polar surface area (TPSA) is 46.5 Å². The van der Waals surface area contributed by atoms with E-state index in [1.807, 2.05) is 6.92 Å². The van der Waals surface area contributed by atoms with Gasteiger partial charge in [-0.2, -0.15) is 0 Å². The summed E-state index contributed by atoms with van der Waals surface area (Å²) in [5.74, 6) is -0.974. The van der Waals surface area contributed by atoms with Gasteiger partial charge in [0.05, 0.1) is 12.0 Å². The Morgan fingerprint density at radius 3 is 2.50 bits per heavy atom. The summed E-state index contributed by atoms with van der Waals surface area (Å²) in [6.45, 7) is 6.66. The van der Waals surface area contributed by atoms with Crippen LogP contribution in [0.5, 0.6) is 0 Å². The van der Waals surface area contributed by atoms with Crippen LogP contribution in [-0.2, 0) is 9.53 Å². The average molecular weight is 202 g/mol. The van der Waals surface area contributed by atoms with E-state index >= 15 is 0 Å². The molecule has 1 N–H and O–H groups in total. The Labute approximate surface area is 86.5 Å². The smallest absolute Gasteiger partial charge is 0.306 e. The summed E-state index contributed by atoms with van der Waals surface area (Å²) >= 11 is 0. The maximum Gasteiger partial charge on any atom is 0.306 e. The first-order valence-corrected chi connectivity index (χ1v) is 5.42. The zero-order valence-corrected chi connectivity index (χ0v) is 9.45. The van der Waals surface area contributed by atoms with Gasteiger partial charge < -0.3 is 9.84 Å². The van der Waals surface area contributed by atoms with Crippen LogP contribution >= 0.6 is 0 Å². The molecule has 14 heavy (non-hydrogen) atoms. The second kappa shape index (κ2) is 7.80. The van der Waals surface area contributed by atoms with E-state index in [1.54, 1.807) is 6.92 Å². The first-order chi connectivity index (χ1) is 6.57. The van der Waals surface area contributed by atoms with Crippen LogP contribution < -0.4 is 0 Å². The van der Waals surface area contributed by atoms with Crippen molar-refractivity contribution in [1.82, 2.24) is 0 Å². The van der Waals surface area contributed by atoms with Crippen LogP contribution in [0.4, 0.5) is 0 Å². The molecule has 0 aromatic heterocycles. The second-order valence-corrected chi connectivity index (χ2v) is 3.85. The van der Waals surface area contributed by atoms with Crippen molar-refractivity contribution in [3.8, 4) is 0 Å². The zero-order chi connectivity index (χ0) is 11.0. The molecule has 84 valence electrons. The maximum atomic E-state index is 10.5.